The molecule has 0 atom stereocenters. The highest BCUT2D eigenvalue weighted by Crippen LogP contribution is 2.04. The SMILES string of the molecule is CCCNC(=O)CNC(=O)c1ncccc1C(=O)O. The van der Waals surface area contributed by atoms with Crippen LogP contribution in [0.2, 0.25) is 0 Å². The Labute approximate surface area is 110 Å². The van der Waals surface area contributed by atoms with Gasteiger partial charge in [0.2, 0.25) is 5.91 Å². The number of aromatic carboxylic acids is 1. The van der Waals surface area contributed by atoms with Crippen molar-refractivity contribution in [1.29, 1.82) is 0 Å². The van der Waals surface area contributed by atoms with Gasteiger partial charge in [0.25, 0.3) is 5.91 Å². The molecule has 102 valence electrons. The fourth-order valence-electron chi connectivity index (χ4n) is 1.33. The average Bonchev–Trinajstić information content (AvgIpc) is 2.42. The predicted octanol–water partition coefficient (Wildman–Crippen LogP) is 0.0358. The summed E-state index contributed by atoms with van der Waals surface area (Å²) in [7, 11) is 0. The molecule has 0 unspecified atom stereocenters. The Morgan fingerprint density at radius 1 is 1.32 bits per heavy atom. The zero-order valence-electron chi connectivity index (χ0n) is 10.5. The second-order valence-corrected chi connectivity index (χ2v) is 3.74. The number of nitrogens with one attached hydrogen (secondary N) is 2. The van der Waals surface area contributed by atoms with Gasteiger partial charge >= 0.3 is 5.97 Å². The van der Waals surface area contributed by atoms with E-state index >= 15 is 0 Å². The number of carboxylic acids is 1. The summed E-state index contributed by atoms with van der Waals surface area (Å²) in [6, 6.07) is 2.70. The number of carbonyl (C=O) groups is 3. The standard InChI is InChI=1S/C12H15N3O4/c1-2-5-13-9(16)7-15-11(17)10-8(12(18)19)4-3-6-14-10/h3-4,6H,2,5,7H2,1H3,(H,13,16)(H,15,17)(H,18,19). The molecule has 0 aromatic carbocycles. The summed E-state index contributed by atoms with van der Waals surface area (Å²) in [4.78, 5) is 37.6. The highest BCUT2D eigenvalue weighted by Gasteiger charge is 2.17. The van der Waals surface area contributed by atoms with E-state index in [0.29, 0.717) is 6.54 Å². The maximum absolute atomic E-state index is 11.7. The number of hydrogen-bond donors (Lipinski definition) is 3. The second-order valence-electron chi connectivity index (χ2n) is 3.74. The van der Waals surface area contributed by atoms with Crippen molar-refractivity contribution in [3.63, 3.8) is 0 Å². The molecule has 0 spiro atoms. The van der Waals surface area contributed by atoms with Gasteiger partial charge in [0.15, 0.2) is 0 Å². The Morgan fingerprint density at radius 3 is 2.68 bits per heavy atom. The van der Waals surface area contributed by atoms with Crippen molar-refractivity contribution < 1.29 is 19.5 Å². The van der Waals surface area contributed by atoms with E-state index in [9.17, 15) is 14.4 Å². The first-order chi connectivity index (χ1) is 9.06. The van der Waals surface area contributed by atoms with Gasteiger partial charge in [0.05, 0.1) is 12.1 Å². The Kier molecular flexibility index (Phi) is 5.46. The van der Waals surface area contributed by atoms with Crippen LogP contribution in [0.5, 0.6) is 0 Å². The summed E-state index contributed by atoms with van der Waals surface area (Å²) >= 11 is 0. The maximum Gasteiger partial charge on any atom is 0.338 e. The summed E-state index contributed by atoms with van der Waals surface area (Å²) in [6.07, 6.45) is 2.11. The molecular weight excluding hydrogens is 250 g/mol. The summed E-state index contributed by atoms with van der Waals surface area (Å²) in [5.74, 6) is -2.26. The average molecular weight is 265 g/mol. The van der Waals surface area contributed by atoms with Crippen LogP contribution in [0.15, 0.2) is 18.3 Å². The van der Waals surface area contributed by atoms with Crippen LogP contribution >= 0.6 is 0 Å². The lowest BCUT2D eigenvalue weighted by Gasteiger charge is -2.07. The van der Waals surface area contributed by atoms with Gasteiger partial charge < -0.3 is 15.7 Å². The molecule has 1 rings (SSSR count). The number of pyridine rings is 1. The summed E-state index contributed by atoms with van der Waals surface area (Å²) < 4.78 is 0. The third kappa shape index (κ3) is 4.38. The van der Waals surface area contributed by atoms with Gasteiger partial charge in [0.1, 0.15) is 5.69 Å². The Hall–Kier alpha value is -2.44. The third-order valence-electron chi connectivity index (χ3n) is 2.23. The van der Waals surface area contributed by atoms with E-state index < -0.39 is 11.9 Å². The molecule has 0 saturated carbocycles. The van der Waals surface area contributed by atoms with Crippen LogP contribution in [0, 0.1) is 0 Å². The molecule has 0 aliphatic rings. The smallest absolute Gasteiger partial charge is 0.338 e. The fraction of sp³-hybridized carbons (Fsp3) is 0.333. The van der Waals surface area contributed by atoms with Crippen molar-refractivity contribution in [2.45, 2.75) is 13.3 Å². The minimum Gasteiger partial charge on any atom is -0.478 e. The number of hydrogen-bond acceptors (Lipinski definition) is 4. The topological polar surface area (TPSA) is 108 Å². The number of nitrogens with zero attached hydrogens (tertiary/aromatic N) is 1. The van der Waals surface area contributed by atoms with E-state index in [0.717, 1.165) is 6.42 Å². The van der Waals surface area contributed by atoms with Gasteiger partial charge in [-0.3, -0.25) is 14.6 Å². The maximum atomic E-state index is 11.7. The zero-order chi connectivity index (χ0) is 14.3. The monoisotopic (exact) mass is 265 g/mol. The number of carbonyl (C=O) groups excluding carboxylic acids is 2. The third-order valence-corrected chi connectivity index (χ3v) is 2.23. The quantitative estimate of drug-likeness (QED) is 0.672. The lowest BCUT2D eigenvalue weighted by molar-refractivity contribution is -0.120. The van der Waals surface area contributed by atoms with E-state index in [1.807, 2.05) is 6.92 Å². The summed E-state index contributed by atoms with van der Waals surface area (Å²) in [5, 5.41) is 13.8. The fourth-order valence-corrected chi connectivity index (χ4v) is 1.33. The minimum atomic E-state index is -1.24. The second kappa shape index (κ2) is 7.10. The highest BCUT2D eigenvalue weighted by atomic mass is 16.4. The predicted molar refractivity (Wildman–Crippen MR) is 66.8 cm³/mol. The van der Waals surface area contributed by atoms with Crippen molar-refractivity contribution in [2.24, 2.45) is 0 Å². The number of carboxylic acid groups (broad SMARTS) is 1. The number of amides is 2. The first-order valence-electron chi connectivity index (χ1n) is 5.79. The van der Waals surface area contributed by atoms with Crippen molar-refractivity contribution in [3.05, 3.63) is 29.6 Å². The molecule has 19 heavy (non-hydrogen) atoms. The van der Waals surface area contributed by atoms with Crippen LogP contribution < -0.4 is 10.6 Å². The Morgan fingerprint density at radius 2 is 2.05 bits per heavy atom. The van der Waals surface area contributed by atoms with Gasteiger partial charge in [-0.05, 0) is 18.6 Å². The van der Waals surface area contributed by atoms with Crippen LogP contribution in [0.1, 0.15) is 34.2 Å². The number of aromatic nitrogens is 1. The molecule has 7 nitrogen and oxygen atoms in total. The van der Waals surface area contributed by atoms with Crippen LogP contribution in [-0.2, 0) is 4.79 Å². The van der Waals surface area contributed by atoms with E-state index in [4.69, 9.17) is 5.11 Å². The van der Waals surface area contributed by atoms with Crippen LogP contribution in [-0.4, -0.2) is 41.0 Å². The van der Waals surface area contributed by atoms with E-state index in [1.54, 1.807) is 0 Å². The summed E-state index contributed by atoms with van der Waals surface area (Å²) in [5.41, 5.74) is -0.410. The van der Waals surface area contributed by atoms with E-state index in [-0.39, 0.29) is 23.7 Å². The minimum absolute atomic E-state index is 0.200. The molecule has 1 heterocycles. The van der Waals surface area contributed by atoms with Gasteiger partial charge in [-0.1, -0.05) is 6.92 Å². The van der Waals surface area contributed by atoms with Gasteiger partial charge in [-0.25, -0.2) is 4.79 Å². The molecule has 3 N–H and O–H groups in total. The Balaban J connectivity index is 2.64. The zero-order valence-corrected chi connectivity index (χ0v) is 10.5. The Bertz CT molecular complexity index is 488. The highest BCUT2D eigenvalue weighted by molar-refractivity contribution is 6.04. The van der Waals surface area contributed by atoms with Crippen molar-refractivity contribution in [2.75, 3.05) is 13.1 Å². The van der Waals surface area contributed by atoms with E-state index in [2.05, 4.69) is 15.6 Å². The molecule has 2 amide bonds. The van der Waals surface area contributed by atoms with Crippen LogP contribution in [0.3, 0.4) is 0 Å². The molecule has 0 bridgehead atoms. The van der Waals surface area contributed by atoms with Gasteiger partial charge in [-0.15, -0.1) is 0 Å². The largest absolute Gasteiger partial charge is 0.478 e. The van der Waals surface area contributed by atoms with Crippen molar-refractivity contribution >= 4 is 17.8 Å². The first kappa shape index (κ1) is 14.6. The molecule has 1 aromatic rings. The lowest BCUT2D eigenvalue weighted by Crippen LogP contribution is -2.37. The molecule has 0 aliphatic carbocycles. The lowest BCUT2D eigenvalue weighted by atomic mass is 10.2. The van der Waals surface area contributed by atoms with Crippen molar-refractivity contribution in [3.8, 4) is 0 Å². The van der Waals surface area contributed by atoms with Gasteiger partial charge in [-0.2, -0.15) is 0 Å². The summed E-state index contributed by atoms with van der Waals surface area (Å²) in [6.45, 7) is 2.22. The normalized spacial score (nSPS) is 9.74. The molecule has 1 aromatic heterocycles. The van der Waals surface area contributed by atoms with Crippen molar-refractivity contribution in [1.82, 2.24) is 15.6 Å². The molecule has 0 saturated heterocycles. The van der Waals surface area contributed by atoms with Gasteiger partial charge in [0, 0.05) is 12.7 Å². The van der Waals surface area contributed by atoms with Crippen LogP contribution in [0.25, 0.3) is 0 Å². The molecule has 7 heteroatoms. The number of rotatable bonds is 6. The molecule has 0 radical (unpaired) electrons. The van der Waals surface area contributed by atoms with Crippen LogP contribution in [0.4, 0.5) is 0 Å². The van der Waals surface area contributed by atoms with E-state index in [1.165, 1.54) is 18.3 Å². The molecule has 0 aliphatic heterocycles. The first-order valence-corrected chi connectivity index (χ1v) is 5.79. The molecular formula is C12H15N3O4. The molecule has 0 fully saturated rings.